The van der Waals surface area contributed by atoms with Gasteiger partial charge in [-0.3, -0.25) is 4.79 Å². The highest BCUT2D eigenvalue weighted by Crippen LogP contribution is 2.50. The minimum Gasteiger partial charge on any atom is -0.497 e. The first-order valence-electron chi connectivity index (χ1n) is 12.7. The normalized spacial score (nSPS) is 16.4. The van der Waals surface area contributed by atoms with Gasteiger partial charge in [0.25, 0.3) is 0 Å². The zero-order valence-corrected chi connectivity index (χ0v) is 22.1. The van der Waals surface area contributed by atoms with Crippen LogP contribution in [0.25, 0.3) is 21.5 Å². The van der Waals surface area contributed by atoms with Crippen molar-refractivity contribution in [1.82, 2.24) is 0 Å². The van der Waals surface area contributed by atoms with E-state index in [1.165, 1.54) is 13.2 Å². The van der Waals surface area contributed by atoms with Crippen molar-refractivity contribution in [2.75, 3.05) is 21.3 Å². The molecule has 0 radical (unpaired) electrons. The van der Waals surface area contributed by atoms with E-state index in [-0.39, 0.29) is 34.6 Å². The Bertz CT molecular complexity index is 1810. The summed E-state index contributed by atoms with van der Waals surface area (Å²) in [6, 6.07) is 24.3. The number of carbonyl (C=O) groups is 2. The molecule has 200 valence electrons. The summed E-state index contributed by atoms with van der Waals surface area (Å²) in [6.07, 6.45) is -0.243. The van der Waals surface area contributed by atoms with Crippen molar-refractivity contribution in [3.05, 3.63) is 113 Å². The van der Waals surface area contributed by atoms with E-state index in [1.54, 1.807) is 68.8 Å². The van der Waals surface area contributed by atoms with Crippen molar-refractivity contribution in [1.29, 1.82) is 0 Å². The molecule has 0 N–H and O–H groups in total. The van der Waals surface area contributed by atoms with E-state index >= 15 is 4.39 Å². The third-order valence-electron chi connectivity index (χ3n) is 7.53. The Balaban J connectivity index is 1.73. The molecule has 0 bridgehead atoms. The number of Topliss-reactive ketones (excluding diaryl/α,β-unsaturated/α-hetero) is 1. The molecular formula is C33H25FO6. The van der Waals surface area contributed by atoms with Crippen molar-refractivity contribution in [3.8, 4) is 17.2 Å². The van der Waals surface area contributed by atoms with Crippen LogP contribution in [-0.4, -0.2) is 33.1 Å². The van der Waals surface area contributed by atoms with Gasteiger partial charge in [0.1, 0.15) is 23.1 Å². The Hall–Kier alpha value is -4.91. The highest BCUT2D eigenvalue weighted by atomic mass is 19.1. The van der Waals surface area contributed by atoms with Crippen LogP contribution in [0.3, 0.4) is 0 Å². The van der Waals surface area contributed by atoms with Crippen LogP contribution in [-0.2, 0) is 10.3 Å². The van der Waals surface area contributed by atoms with Gasteiger partial charge < -0.3 is 18.9 Å². The number of ether oxygens (including phenoxy) is 4. The number of esters is 1. The number of hydrogen-bond acceptors (Lipinski definition) is 6. The monoisotopic (exact) mass is 536 g/mol. The molecular weight excluding hydrogens is 511 g/mol. The number of carbonyl (C=O) groups excluding carboxylic acids is 2. The van der Waals surface area contributed by atoms with Gasteiger partial charge in [0.15, 0.2) is 11.4 Å². The maximum absolute atomic E-state index is 15.5. The number of rotatable bonds is 5. The number of methoxy groups -OCH3 is 3. The number of halogens is 1. The molecule has 1 aliphatic heterocycles. The van der Waals surface area contributed by atoms with Crippen LogP contribution >= 0.6 is 0 Å². The molecule has 1 atom stereocenters. The topological polar surface area (TPSA) is 71.1 Å². The maximum Gasteiger partial charge on any atom is 0.338 e. The lowest BCUT2D eigenvalue weighted by atomic mass is 9.77. The first-order chi connectivity index (χ1) is 19.4. The van der Waals surface area contributed by atoms with Crippen LogP contribution in [0.15, 0.2) is 84.9 Å². The van der Waals surface area contributed by atoms with Gasteiger partial charge in [0.2, 0.25) is 0 Å². The summed E-state index contributed by atoms with van der Waals surface area (Å²) in [5.41, 5.74) is -0.591. The molecule has 0 aliphatic carbocycles. The molecule has 0 saturated carbocycles. The number of fused-ring (bicyclic) bond motifs is 5. The molecule has 1 unspecified atom stereocenters. The Labute approximate surface area is 229 Å². The van der Waals surface area contributed by atoms with Gasteiger partial charge in [-0.1, -0.05) is 54.6 Å². The fourth-order valence-electron chi connectivity index (χ4n) is 5.64. The van der Waals surface area contributed by atoms with Gasteiger partial charge in [-0.15, -0.1) is 0 Å². The minimum absolute atomic E-state index is 0.0854. The second-order valence-electron chi connectivity index (χ2n) is 9.58. The molecule has 7 heteroatoms. The van der Waals surface area contributed by atoms with E-state index < -0.39 is 17.4 Å². The van der Waals surface area contributed by atoms with E-state index in [2.05, 4.69) is 0 Å². The lowest BCUT2D eigenvalue weighted by molar-refractivity contribution is 0.0549. The lowest BCUT2D eigenvalue weighted by Gasteiger charge is -2.40. The summed E-state index contributed by atoms with van der Waals surface area (Å²) in [7, 11) is 4.38. The quantitative estimate of drug-likeness (QED) is 0.181. The lowest BCUT2D eigenvalue weighted by Crippen LogP contribution is -2.42. The van der Waals surface area contributed by atoms with Crippen LogP contribution in [0.5, 0.6) is 17.2 Å². The van der Waals surface area contributed by atoms with Gasteiger partial charge in [0.05, 0.1) is 38.9 Å². The number of benzene rings is 5. The van der Waals surface area contributed by atoms with Gasteiger partial charge >= 0.3 is 5.97 Å². The molecule has 1 aliphatic rings. The van der Waals surface area contributed by atoms with Crippen LogP contribution in [0.2, 0.25) is 0 Å². The first kappa shape index (κ1) is 25.4. The van der Waals surface area contributed by atoms with Crippen molar-refractivity contribution in [2.45, 2.75) is 12.0 Å². The molecule has 0 amide bonds. The molecule has 6 rings (SSSR count). The Morgan fingerprint density at radius 2 is 1.52 bits per heavy atom. The second-order valence-corrected chi connectivity index (χ2v) is 9.58. The van der Waals surface area contributed by atoms with Crippen LogP contribution in [0.1, 0.15) is 38.3 Å². The Morgan fingerprint density at radius 1 is 0.825 bits per heavy atom. The fourth-order valence-corrected chi connectivity index (χ4v) is 5.64. The Morgan fingerprint density at radius 3 is 2.20 bits per heavy atom. The van der Waals surface area contributed by atoms with Gasteiger partial charge in [0, 0.05) is 21.9 Å². The zero-order chi connectivity index (χ0) is 28.0. The summed E-state index contributed by atoms with van der Waals surface area (Å²) in [5, 5.41) is 2.85. The smallest absolute Gasteiger partial charge is 0.338 e. The summed E-state index contributed by atoms with van der Waals surface area (Å²) >= 11 is 0. The maximum atomic E-state index is 15.5. The zero-order valence-electron chi connectivity index (χ0n) is 22.1. The van der Waals surface area contributed by atoms with Crippen molar-refractivity contribution >= 4 is 33.3 Å². The molecule has 5 aromatic rings. The largest absolute Gasteiger partial charge is 0.497 e. The highest BCUT2D eigenvalue weighted by molar-refractivity contribution is 6.20. The van der Waals surface area contributed by atoms with Crippen molar-refractivity contribution in [3.63, 3.8) is 0 Å². The molecule has 0 spiro atoms. The third-order valence-corrected chi connectivity index (χ3v) is 7.53. The molecule has 5 aromatic carbocycles. The van der Waals surface area contributed by atoms with E-state index in [9.17, 15) is 9.59 Å². The summed E-state index contributed by atoms with van der Waals surface area (Å²) in [6.45, 7) is 0. The predicted octanol–water partition coefficient (Wildman–Crippen LogP) is 6.84. The Kier molecular flexibility index (Phi) is 6.14. The molecule has 0 aromatic heterocycles. The average Bonchev–Trinajstić information content (AvgIpc) is 2.99. The average molecular weight is 537 g/mol. The minimum atomic E-state index is -1.53. The third kappa shape index (κ3) is 3.77. The van der Waals surface area contributed by atoms with Crippen LogP contribution in [0.4, 0.5) is 4.39 Å². The fraction of sp³-hybridized carbons (Fsp3) is 0.152. The SMILES string of the molecule is COC(=O)c1cc2c(cc(OC)c3ccccc32)c2c1C(=O)CC(c1ccc(OC)cc1)(c1ccccc1F)O2. The first-order valence-corrected chi connectivity index (χ1v) is 12.7. The highest BCUT2D eigenvalue weighted by Gasteiger charge is 2.47. The van der Waals surface area contributed by atoms with Gasteiger partial charge in [-0.2, -0.15) is 0 Å². The van der Waals surface area contributed by atoms with Crippen molar-refractivity contribution in [2.24, 2.45) is 0 Å². The predicted molar refractivity (Wildman–Crippen MR) is 149 cm³/mol. The second kappa shape index (κ2) is 9.68. The number of ketones is 1. The molecule has 0 fully saturated rings. The van der Waals surface area contributed by atoms with Crippen LogP contribution < -0.4 is 14.2 Å². The van der Waals surface area contributed by atoms with Crippen LogP contribution in [0, 0.1) is 5.82 Å². The van der Waals surface area contributed by atoms with Crippen molar-refractivity contribution < 1.29 is 32.9 Å². The molecule has 0 saturated heterocycles. The molecule has 40 heavy (non-hydrogen) atoms. The van der Waals surface area contributed by atoms with E-state index in [0.29, 0.717) is 27.8 Å². The molecule has 1 heterocycles. The number of hydrogen-bond donors (Lipinski definition) is 0. The van der Waals surface area contributed by atoms with E-state index in [0.717, 1.165) is 10.8 Å². The van der Waals surface area contributed by atoms with E-state index in [4.69, 9.17) is 18.9 Å². The summed E-state index contributed by atoms with van der Waals surface area (Å²) < 4.78 is 38.5. The summed E-state index contributed by atoms with van der Waals surface area (Å²) in [4.78, 5) is 27.2. The summed E-state index contributed by atoms with van der Waals surface area (Å²) in [5.74, 6) is -0.237. The van der Waals surface area contributed by atoms with Gasteiger partial charge in [-0.25, -0.2) is 9.18 Å². The van der Waals surface area contributed by atoms with E-state index in [1.807, 2.05) is 24.3 Å². The standard InChI is InChI=1S/C33H25FO6/c1-37-20-14-12-19(13-15-20)33(26-10-6-7-11-27(26)34)18-28(35)30-25(32(36)39-3)16-23-21-8-4-5-9-22(21)29(38-2)17-24(23)31(30)40-33/h4-17H,18H2,1-3H3. The van der Waals surface area contributed by atoms with Gasteiger partial charge in [-0.05, 0) is 41.1 Å². The molecule has 6 nitrogen and oxygen atoms in total.